The molecule has 2 rings (SSSR count). The normalized spacial score (nSPS) is 11.3. The molecule has 1 aromatic heterocycles. The number of benzene rings is 1. The summed E-state index contributed by atoms with van der Waals surface area (Å²) in [5.41, 5.74) is 2.76. The van der Waals surface area contributed by atoms with Gasteiger partial charge in [0.1, 0.15) is 0 Å². The maximum absolute atomic E-state index is 3.83. The molecule has 0 radical (unpaired) electrons. The van der Waals surface area contributed by atoms with Crippen LogP contribution in [0.25, 0.3) is 10.9 Å². The van der Waals surface area contributed by atoms with E-state index in [1.165, 1.54) is 16.5 Å². The average molecular weight is 370 g/mol. The summed E-state index contributed by atoms with van der Waals surface area (Å²) in [6.45, 7) is 5.87. The summed E-state index contributed by atoms with van der Waals surface area (Å²) in [5, 5.41) is 1.38. The van der Waals surface area contributed by atoms with Gasteiger partial charge in [-0.1, -0.05) is 24.3 Å². The Morgan fingerprint density at radius 2 is 1.89 bits per heavy atom. The predicted octanol–water partition coefficient (Wildman–Crippen LogP) is 0.0800. The molecule has 0 bridgehead atoms. The first-order valence-corrected chi connectivity index (χ1v) is 6.49. The monoisotopic (exact) mass is 370 g/mol. The van der Waals surface area contributed by atoms with E-state index in [9.17, 15) is 0 Å². The first kappa shape index (κ1) is 16.2. The van der Waals surface area contributed by atoms with Crippen molar-refractivity contribution in [1.82, 2.24) is 4.57 Å². The highest BCUT2D eigenvalue weighted by atomic mass is 127. The summed E-state index contributed by atoms with van der Waals surface area (Å²) >= 11 is 0. The molecule has 0 spiro atoms. The minimum absolute atomic E-state index is 0. The van der Waals surface area contributed by atoms with E-state index in [0.717, 1.165) is 24.0 Å². The van der Waals surface area contributed by atoms with Gasteiger partial charge in [0.2, 0.25) is 0 Å². The summed E-state index contributed by atoms with van der Waals surface area (Å²) in [5.74, 6) is 0. The van der Waals surface area contributed by atoms with Crippen LogP contribution in [0.5, 0.6) is 0 Å². The molecule has 1 aromatic carbocycles. The number of hydrogen-bond acceptors (Lipinski definition) is 0. The van der Waals surface area contributed by atoms with Crippen LogP contribution >= 0.6 is 0 Å². The van der Waals surface area contributed by atoms with Crippen molar-refractivity contribution in [3.8, 4) is 0 Å². The van der Waals surface area contributed by atoms with Gasteiger partial charge in [-0.25, -0.2) is 0 Å². The third-order valence-corrected chi connectivity index (χ3v) is 3.25. The molecule has 0 fully saturated rings. The van der Waals surface area contributed by atoms with Crippen LogP contribution in [0.15, 0.2) is 43.1 Å². The van der Waals surface area contributed by atoms with Crippen molar-refractivity contribution in [3.63, 3.8) is 0 Å². The molecule has 0 aliphatic carbocycles. The second-order valence-electron chi connectivity index (χ2n) is 5.88. The summed E-state index contributed by atoms with van der Waals surface area (Å²) < 4.78 is 3.29. The molecule has 0 amide bonds. The van der Waals surface area contributed by atoms with Crippen molar-refractivity contribution < 1.29 is 28.5 Å². The minimum Gasteiger partial charge on any atom is -1.00 e. The third-order valence-electron chi connectivity index (χ3n) is 3.25. The summed E-state index contributed by atoms with van der Waals surface area (Å²) in [6.07, 6.45) is 5.35. The van der Waals surface area contributed by atoms with Gasteiger partial charge in [0, 0.05) is 30.1 Å². The van der Waals surface area contributed by atoms with Crippen molar-refractivity contribution >= 4 is 10.9 Å². The van der Waals surface area contributed by atoms with Crippen LogP contribution in [0.3, 0.4) is 0 Å². The quantitative estimate of drug-likeness (QED) is 0.399. The van der Waals surface area contributed by atoms with Gasteiger partial charge in [-0.2, -0.15) is 0 Å². The number of nitrogens with zero attached hydrogens (tertiary/aromatic N) is 2. The van der Waals surface area contributed by atoms with Gasteiger partial charge in [-0.05, 0) is 11.6 Å². The molecule has 0 N–H and O–H groups in total. The van der Waals surface area contributed by atoms with Crippen LogP contribution in [-0.4, -0.2) is 36.7 Å². The highest BCUT2D eigenvalue weighted by Crippen LogP contribution is 2.22. The maximum Gasteiger partial charge on any atom is 0.0822 e. The maximum atomic E-state index is 3.83. The number of hydrogen-bond donors (Lipinski definition) is 0. The average Bonchev–Trinajstić information content (AvgIpc) is 2.65. The largest absolute Gasteiger partial charge is 1.00 e. The van der Waals surface area contributed by atoms with Gasteiger partial charge >= 0.3 is 0 Å². The standard InChI is InChI=1S/C16H23N2.HI/c1-5-11-17-13-14(10-12-18(2,3)4)15-8-6-7-9-16(15)17;/h5-9,13H,1,10-12H2,2-4H3;1H/q+1;/p-1. The SMILES string of the molecule is C=CCn1cc(CC[N+](C)(C)C)c2ccccc21.[I-]. The van der Waals surface area contributed by atoms with Crippen LogP contribution in [0.1, 0.15) is 5.56 Å². The van der Waals surface area contributed by atoms with E-state index in [1.807, 2.05) is 6.08 Å². The first-order valence-electron chi connectivity index (χ1n) is 6.49. The van der Waals surface area contributed by atoms with Crippen LogP contribution < -0.4 is 24.0 Å². The van der Waals surface area contributed by atoms with Crippen LogP contribution in [-0.2, 0) is 13.0 Å². The highest BCUT2D eigenvalue weighted by molar-refractivity contribution is 5.84. The number of para-hydroxylation sites is 1. The lowest BCUT2D eigenvalue weighted by Crippen LogP contribution is -3.00. The Morgan fingerprint density at radius 3 is 2.53 bits per heavy atom. The van der Waals surface area contributed by atoms with Crippen molar-refractivity contribution in [3.05, 3.63) is 48.7 Å². The van der Waals surface area contributed by atoms with Crippen molar-refractivity contribution in [2.45, 2.75) is 13.0 Å². The molecular formula is C16H23IN2. The number of rotatable bonds is 5. The second-order valence-corrected chi connectivity index (χ2v) is 5.88. The van der Waals surface area contributed by atoms with Crippen molar-refractivity contribution in [2.24, 2.45) is 0 Å². The fourth-order valence-electron chi connectivity index (χ4n) is 2.27. The topological polar surface area (TPSA) is 4.93 Å². The molecule has 0 unspecified atom stereocenters. The third kappa shape index (κ3) is 4.08. The van der Waals surface area contributed by atoms with E-state index in [1.54, 1.807) is 0 Å². The zero-order valence-electron chi connectivity index (χ0n) is 12.1. The number of halogens is 1. The Kier molecular flexibility index (Phi) is 5.62. The number of likely N-dealkylation sites (N-methyl/N-ethyl adjacent to an activating group) is 1. The minimum atomic E-state index is 0. The molecule has 0 saturated carbocycles. The molecule has 19 heavy (non-hydrogen) atoms. The lowest BCUT2D eigenvalue weighted by Gasteiger charge is -2.23. The van der Waals surface area contributed by atoms with E-state index < -0.39 is 0 Å². The molecule has 2 aromatic rings. The summed E-state index contributed by atoms with van der Waals surface area (Å²) in [4.78, 5) is 0. The van der Waals surface area contributed by atoms with Gasteiger partial charge in [0.25, 0.3) is 0 Å². The van der Waals surface area contributed by atoms with Gasteiger partial charge < -0.3 is 33.0 Å². The van der Waals surface area contributed by atoms with E-state index in [0.29, 0.717) is 0 Å². The predicted molar refractivity (Wildman–Crippen MR) is 78.7 cm³/mol. The Morgan fingerprint density at radius 1 is 1.21 bits per heavy atom. The fraction of sp³-hybridized carbons (Fsp3) is 0.375. The number of quaternary nitrogens is 1. The molecule has 2 nitrogen and oxygen atoms in total. The van der Waals surface area contributed by atoms with E-state index in [4.69, 9.17) is 0 Å². The Labute approximate surface area is 133 Å². The molecule has 0 aliphatic rings. The molecule has 3 heteroatoms. The Hall–Kier alpha value is -0.810. The zero-order chi connectivity index (χ0) is 13.2. The van der Waals surface area contributed by atoms with Gasteiger partial charge in [0.05, 0.1) is 27.7 Å². The van der Waals surface area contributed by atoms with Crippen molar-refractivity contribution in [1.29, 1.82) is 0 Å². The molecule has 0 atom stereocenters. The Balaban J connectivity index is 0.00000180. The van der Waals surface area contributed by atoms with E-state index in [2.05, 4.69) is 62.8 Å². The molecular weight excluding hydrogens is 347 g/mol. The Bertz CT molecular complexity index is 549. The second kappa shape index (κ2) is 6.57. The van der Waals surface area contributed by atoms with E-state index in [-0.39, 0.29) is 24.0 Å². The van der Waals surface area contributed by atoms with Gasteiger partial charge in [-0.3, -0.25) is 0 Å². The summed E-state index contributed by atoms with van der Waals surface area (Å²) in [7, 11) is 6.72. The molecule has 0 aliphatic heterocycles. The fourth-order valence-corrected chi connectivity index (χ4v) is 2.27. The van der Waals surface area contributed by atoms with Gasteiger partial charge in [0.15, 0.2) is 0 Å². The first-order chi connectivity index (χ1) is 8.51. The highest BCUT2D eigenvalue weighted by Gasteiger charge is 2.11. The number of fused-ring (bicyclic) bond motifs is 1. The molecule has 104 valence electrons. The number of allylic oxidation sites excluding steroid dienone is 1. The number of aromatic nitrogens is 1. The lowest BCUT2D eigenvalue weighted by molar-refractivity contribution is -0.870. The smallest absolute Gasteiger partial charge is 0.0822 e. The van der Waals surface area contributed by atoms with Crippen LogP contribution in [0, 0.1) is 0 Å². The lowest BCUT2D eigenvalue weighted by atomic mass is 10.1. The van der Waals surface area contributed by atoms with Crippen LogP contribution in [0.2, 0.25) is 0 Å². The van der Waals surface area contributed by atoms with Crippen LogP contribution in [0.4, 0.5) is 0 Å². The van der Waals surface area contributed by atoms with E-state index >= 15 is 0 Å². The van der Waals surface area contributed by atoms with Crippen molar-refractivity contribution in [2.75, 3.05) is 27.7 Å². The summed E-state index contributed by atoms with van der Waals surface area (Å²) in [6, 6.07) is 8.63. The zero-order valence-corrected chi connectivity index (χ0v) is 14.2. The van der Waals surface area contributed by atoms with Gasteiger partial charge in [-0.15, -0.1) is 6.58 Å². The molecule has 1 heterocycles. The molecule has 0 saturated heterocycles.